The summed E-state index contributed by atoms with van der Waals surface area (Å²) in [5.74, 6) is 0.748. The first-order valence-electron chi connectivity index (χ1n) is 4.18. The van der Waals surface area contributed by atoms with Gasteiger partial charge in [0, 0.05) is 5.25 Å². The first-order chi connectivity index (χ1) is 6.15. The highest BCUT2D eigenvalue weighted by atomic mass is 32.1. The van der Waals surface area contributed by atoms with Crippen LogP contribution in [-0.4, -0.2) is 17.5 Å². The third-order valence-electron chi connectivity index (χ3n) is 1.82. The van der Waals surface area contributed by atoms with Gasteiger partial charge >= 0.3 is 0 Å². The minimum Gasteiger partial charge on any atom is -0.504 e. The predicted octanol–water partition coefficient (Wildman–Crippen LogP) is 2.26. The lowest BCUT2D eigenvalue weighted by Crippen LogP contribution is -1.98. The number of hydrogen-bond acceptors (Lipinski definition) is 3. The Balaban J connectivity index is 2.94. The summed E-state index contributed by atoms with van der Waals surface area (Å²) in [7, 11) is 1.54. The van der Waals surface area contributed by atoms with Crippen molar-refractivity contribution in [2.75, 3.05) is 7.11 Å². The molecular weight excluding hydrogens is 184 g/mol. The highest BCUT2D eigenvalue weighted by molar-refractivity contribution is 7.80. The zero-order chi connectivity index (χ0) is 9.84. The maximum atomic E-state index is 9.68. The Morgan fingerprint density at radius 3 is 2.77 bits per heavy atom. The number of phenolic OH excluding ortho intramolecular Hbond substituents is 1. The molecule has 2 nitrogen and oxygen atoms in total. The first kappa shape index (κ1) is 10.3. The molecule has 0 heterocycles. The van der Waals surface area contributed by atoms with E-state index in [1.165, 1.54) is 0 Å². The topological polar surface area (TPSA) is 29.5 Å². The molecule has 72 valence electrons. The summed E-state index contributed by atoms with van der Waals surface area (Å²) in [6, 6.07) is 5.48. The molecule has 1 N–H and O–H groups in total. The molecule has 0 aliphatic carbocycles. The molecule has 1 rings (SSSR count). The van der Waals surface area contributed by atoms with E-state index in [-0.39, 0.29) is 11.0 Å². The van der Waals surface area contributed by atoms with Gasteiger partial charge in [0.25, 0.3) is 0 Å². The van der Waals surface area contributed by atoms with Crippen molar-refractivity contribution in [2.24, 2.45) is 0 Å². The van der Waals surface area contributed by atoms with Crippen LogP contribution in [0.4, 0.5) is 0 Å². The van der Waals surface area contributed by atoms with Crippen molar-refractivity contribution >= 4 is 12.6 Å². The van der Waals surface area contributed by atoms with Crippen LogP contribution in [0.3, 0.4) is 0 Å². The van der Waals surface area contributed by atoms with Gasteiger partial charge in [0.05, 0.1) is 7.11 Å². The van der Waals surface area contributed by atoms with E-state index in [1.54, 1.807) is 13.2 Å². The number of ether oxygens (including phenoxy) is 1. The second-order valence-corrected chi connectivity index (χ2v) is 3.90. The van der Waals surface area contributed by atoms with Crippen molar-refractivity contribution in [3.8, 4) is 11.5 Å². The van der Waals surface area contributed by atoms with Gasteiger partial charge in [0.1, 0.15) is 0 Å². The lowest BCUT2D eigenvalue weighted by Gasteiger charge is -2.09. The Labute approximate surface area is 84.0 Å². The molecule has 0 aliphatic heterocycles. The molecule has 0 radical (unpaired) electrons. The molecule has 1 aromatic carbocycles. The van der Waals surface area contributed by atoms with Crippen molar-refractivity contribution in [3.05, 3.63) is 23.8 Å². The molecule has 0 amide bonds. The Hall–Kier alpha value is -0.830. The van der Waals surface area contributed by atoms with Gasteiger partial charge in [-0.2, -0.15) is 12.6 Å². The smallest absolute Gasteiger partial charge is 0.160 e. The molecule has 1 atom stereocenters. The van der Waals surface area contributed by atoms with Crippen LogP contribution in [0.5, 0.6) is 11.5 Å². The van der Waals surface area contributed by atoms with Crippen LogP contribution in [0.15, 0.2) is 18.2 Å². The summed E-state index contributed by atoms with van der Waals surface area (Å²) >= 11 is 4.27. The fourth-order valence-electron chi connectivity index (χ4n) is 1.22. The fraction of sp³-hybridized carbons (Fsp3) is 0.400. The second kappa shape index (κ2) is 4.42. The van der Waals surface area contributed by atoms with E-state index in [0.717, 1.165) is 12.0 Å². The largest absolute Gasteiger partial charge is 0.504 e. The molecule has 0 saturated heterocycles. The molecule has 0 fully saturated rings. The lowest BCUT2D eigenvalue weighted by atomic mass is 10.1. The molecule has 0 aromatic heterocycles. The van der Waals surface area contributed by atoms with Crippen molar-refractivity contribution in [2.45, 2.75) is 18.6 Å². The highest BCUT2D eigenvalue weighted by Gasteiger charge is 2.08. The monoisotopic (exact) mass is 198 g/mol. The number of phenols is 1. The average Bonchev–Trinajstić information content (AvgIpc) is 2.08. The number of para-hydroxylation sites is 1. The Morgan fingerprint density at radius 1 is 1.54 bits per heavy atom. The predicted molar refractivity (Wildman–Crippen MR) is 56.8 cm³/mol. The number of thiol groups is 1. The van der Waals surface area contributed by atoms with Gasteiger partial charge < -0.3 is 9.84 Å². The molecule has 1 unspecified atom stereocenters. The summed E-state index contributed by atoms with van der Waals surface area (Å²) in [5.41, 5.74) is 0.877. The van der Waals surface area contributed by atoms with E-state index in [2.05, 4.69) is 12.6 Å². The van der Waals surface area contributed by atoms with Gasteiger partial charge in [0.2, 0.25) is 0 Å². The first-order valence-corrected chi connectivity index (χ1v) is 4.69. The Morgan fingerprint density at radius 2 is 2.23 bits per heavy atom. The van der Waals surface area contributed by atoms with Gasteiger partial charge in [-0.1, -0.05) is 19.1 Å². The Bertz CT molecular complexity index is 284. The van der Waals surface area contributed by atoms with Crippen LogP contribution in [-0.2, 0) is 6.42 Å². The van der Waals surface area contributed by atoms with Crippen LogP contribution in [0, 0.1) is 0 Å². The van der Waals surface area contributed by atoms with E-state index in [9.17, 15) is 5.11 Å². The van der Waals surface area contributed by atoms with E-state index >= 15 is 0 Å². The molecule has 0 saturated carbocycles. The van der Waals surface area contributed by atoms with Crippen LogP contribution >= 0.6 is 12.6 Å². The van der Waals surface area contributed by atoms with Crippen molar-refractivity contribution in [3.63, 3.8) is 0 Å². The zero-order valence-corrected chi connectivity index (χ0v) is 8.71. The minimum absolute atomic E-state index is 0.228. The lowest BCUT2D eigenvalue weighted by molar-refractivity contribution is 0.370. The average molecular weight is 198 g/mol. The van der Waals surface area contributed by atoms with Crippen molar-refractivity contribution < 1.29 is 9.84 Å². The summed E-state index contributed by atoms with van der Waals surface area (Å²) < 4.78 is 4.99. The molecule has 0 bridgehead atoms. The quantitative estimate of drug-likeness (QED) is 0.730. The van der Waals surface area contributed by atoms with E-state index in [1.807, 2.05) is 19.1 Å². The number of methoxy groups -OCH3 is 1. The highest BCUT2D eigenvalue weighted by Crippen LogP contribution is 2.30. The second-order valence-electron chi connectivity index (χ2n) is 3.02. The number of rotatable bonds is 3. The molecule has 1 aromatic rings. The molecule has 0 aliphatic rings. The summed E-state index contributed by atoms with van der Waals surface area (Å²) in [4.78, 5) is 0. The van der Waals surface area contributed by atoms with Gasteiger partial charge in [0.15, 0.2) is 11.5 Å². The normalized spacial score (nSPS) is 12.5. The standard InChI is InChI=1S/C10H14O2S/c1-7(13)6-8-4-3-5-9(12-2)10(8)11/h3-5,7,11,13H,6H2,1-2H3. The zero-order valence-electron chi connectivity index (χ0n) is 7.82. The number of benzene rings is 1. The van der Waals surface area contributed by atoms with E-state index in [4.69, 9.17) is 4.74 Å². The number of aromatic hydroxyl groups is 1. The van der Waals surface area contributed by atoms with Crippen LogP contribution in [0.1, 0.15) is 12.5 Å². The third kappa shape index (κ3) is 2.56. The van der Waals surface area contributed by atoms with E-state index in [0.29, 0.717) is 5.75 Å². The molecule has 0 spiro atoms. The van der Waals surface area contributed by atoms with Crippen LogP contribution in [0.2, 0.25) is 0 Å². The van der Waals surface area contributed by atoms with Crippen LogP contribution in [0.25, 0.3) is 0 Å². The Kier molecular flexibility index (Phi) is 3.48. The number of hydrogen-bond donors (Lipinski definition) is 2. The summed E-state index contributed by atoms with van der Waals surface area (Å²) in [5, 5.41) is 9.91. The fourth-order valence-corrected chi connectivity index (χ4v) is 1.41. The molecule has 13 heavy (non-hydrogen) atoms. The third-order valence-corrected chi connectivity index (χ3v) is 2.00. The molecular formula is C10H14O2S. The summed E-state index contributed by atoms with van der Waals surface area (Å²) in [6.07, 6.45) is 0.742. The van der Waals surface area contributed by atoms with Crippen LogP contribution < -0.4 is 4.74 Å². The van der Waals surface area contributed by atoms with E-state index < -0.39 is 0 Å². The minimum atomic E-state index is 0.228. The van der Waals surface area contributed by atoms with Gasteiger partial charge in [-0.3, -0.25) is 0 Å². The van der Waals surface area contributed by atoms with Gasteiger partial charge in [-0.15, -0.1) is 0 Å². The SMILES string of the molecule is COc1cccc(CC(C)S)c1O. The van der Waals surface area contributed by atoms with Gasteiger partial charge in [-0.25, -0.2) is 0 Å². The maximum Gasteiger partial charge on any atom is 0.160 e. The van der Waals surface area contributed by atoms with Crippen molar-refractivity contribution in [1.82, 2.24) is 0 Å². The molecule has 3 heteroatoms. The van der Waals surface area contributed by atoms with Crippen molar-refractivity contribution in [1.29, 1.82) is 0 Å². The van der Waals surface area contributed by atoms with Gasteiger partial charge in [-0.05, 0) is 18.1 Å². The summed E-state index contributed by atoms with van der Waals surface area (Å²) in [6.45, 7) is 1.99. The maximum absolute atomic E-state index is 9.68.